The lowest BCUT2D eigenvalue weighted by Gasteiger charge is -2.10. The van der Waals surface area contributed by atoms with E-state index >= 15 is 0 Å². The Bertz CT molecular complexity index is 702. The Morgan fingerprint density at radius 1 is 1.20 bits per heavy atom. The highest BCUT2D eigenvalue weighted by molar-refractivity contribution is 7.89. The second kappa shape index (κ2) is 5.95. The van der Waals surface area contributed by atoms with Crippen molar-refractivity contribution in [3.05, 3.63) is 47.9 Å². The Morgan fingerprint density at radius 3 is 2.60 bits per heavy atom. The molecule has 0 unspecified atom stereocenters. The summed E-state index contributed by atoms with van der Waals surface area (Å²) >= 11 is 0. The molecule has 0 fully saturated rings. The number of rotatable bonds is 5. The maximum Gasteiger partial charge on any atom is 0.244 e. The Kier molecular flexibility index (Phi) is 4.28. The summed E-state index contributed by atoms with van der Waals surface area (Å²) < 4.78 is 26.9. The van der Waals surface area contributed by atoms with E-state index in [1.165, 1.54) is 18.3 Å². The molecule has 0 aromatic carbocycles. The molecule has 0 radical (unpaired) electrons. The number of nitrogens with two attached hydrogens (primary N) is 1. The summed E-state index contributed by atoms with van der Waals surface area (Å²) in [6.45, 7) is 1.97. The van der Waals surface area contributed by atoms with E-state index in [4.69, 9.17) is 5.84 Å². The summed E-state index contributed by atoms with van der Waals surface area (Å²) in [7, 11) is -3.71. The van der Waals surface area contributed by atoms with E-state index in [1.54, 1.807) is 12.3 Å². The first-order valence-corrected chi connectivity index (χ1v) is 7.34. The molecule has 4 N–H and O–H groups in total. The Labute approximate surface area is 117 Å². The van der Waals surface area contributed by atoms with Crippen LogP contribution in [0.2, 0.25) is 0 Å². The molecule has 0 amide bonds. The van der Waals surface area contributed by atoms with Crippen molar-refractivity contribution in [1.82, 2.24) is 14.7 Å². The van der Waals surface area contributed by atoms with Gasteiger partial charge in [0.1, 0.15) is 4.90 Å². The minimum absolute atomic E-state index is 0.00363. The number of aromatic nitrogens is 2. The number of nitrogens with one attached hydrogen (secondary N) is 2. The summed E-state index contributed by atoms with van der Waals surface area (Å²) in [6, 6.07) is 6.62. The van der Waals surface area contributed by atoms with E-state index in [-0.39, 0.29) is 17.3 Å². The zero-order valence-electron chi connectivity index (χ0n) is 10.9. The lowest BCUT2D eigenvalue weighted by atomic mass is 10.2. The minimum Gasteiger partial charge on any atom is -0.307 e. The molecule has 0 saturated heterocycles. The van der Waals surface area contributed by atoms with Crippen molar-refractivity contribution in [2.45, 2.75) is 18.4 Å². The number of hydrazine groups is 1. The molecule has 2 heterocycles. The second-order valence-corrected chi connectivity index (χ2v) is 5.82. The summed E-state index contributed by atoms with van der Waals surface area (Å²) in [6.07, 6.45) is 3.07. The van der Waals surface area contributed by atoms with Crippen LogP contribution in [0.5, 0.6) is 0 Å². The van der Waals surface area contributed by atoms with Crippen molar-refractivity contribution in [3.63, 3.8) is 0 Å². The lowest BCUT2D eigenvalue weighted by Crippen LogP contribution is -2.26. The van der Waals surface area contributed by atoms with Gasteiger partial charge in [-0.3, -0.25) is 4.98 Å². The molecule has 0 aliphatic heterocycles. The van der Waals surface area contributed by atoms with E-state index < -0.39 is 10.0 Å². The predicted octanol–water partition coefficient (Wildman–Crippen LogP) is 0.549. The van der Waals surface area contributed by atoms with Crippen LogP contribution in [0.4, 0.5) is 5.82 Å². The molecule has 7 nitrogen and oxygen atoms in total. The number of aryl methyl sites for hydroxylation is 1. The zero-order valence-corrected chi connectivity index (χ0v) is 11.7. The zero-order chi connectivity index (χ0) is 14.6. The molecule has 0 saturated carbocycles. The van der Waals surface area contributed by atoms with E-state index in [0.717, 1.165) is 5.56 Å². The fraction of sp³-hybridized carbons (Fsp3) is 0.167. The summed E-state index contributed by atoms with van der Waals surface area (Å²) in [4.78, 5) is 8.00. The number of sulfonamides is 1. The Hall–Kier alpha value is -2.03. The predicted molar refractivity (Wildman–Crippen MR) is 75.0 cm³/mol. The van der Waals surface area contributed by atoms with Gasteiger partial charge in [-0.25, -0.2) is 24.0 Å². The summed E-state index contributed by atoms with van der Waals surface area (Å²) in [5.41, 5.74) is 3.85. The van der Waals surface area contributed by atoms with Gasteiger partial charge in [0.15, 0.2) is 5.82 Å². The SMILES string of the molecule is Cc1cccnc1CNS(=O)(=O)c1cccnc1NN. The molecule has 0 aliphatic rings. The first kappa shape index (κ1) is 14.4. The fourth-order valence-electron chi connectivity index (χ4n) is 1.66. The van der Waals surface area contributed by atoms with Crippen molar-refractivity contribution in [2.75, 3.05) is 5.43 Å². The number of nitrogen functional groups attached to an aromatic ring is 1. The van der Waals surface area contributed by atoms with Gasteiger partial charge >= 0.3 is 0 Å². The van der Waals surface area contributed by atoms with Crippen LogP contribution in [-0.2, 0) is 16.6 Å². The van der Waals surface area contributed by atoms with Crippen molar-refractivity contribution in [1.29, 1.82) is 0 Å². The van der Waals surface area contributed by atoms with Crippen LogP contribution in [-0.4, -0.2) is 18.4 Å². The molecule has 2 aromatic rings. The van der Waals surface area contributed by atoms with E-state index in [1.807, 2.05) is 13.0 Å². The largest absolute Gasteiger partial charge is 0.307 e. The van der Waals surface area contributed by atoms with Crippen LogP contribution in [0.25, 0.3) is 0 Å². The molecule has 20 heavy (non-hydrogen) atoms. The van der Waals surface area contributed by atoms with Gasteiger partial charge in [0.25, 0.3) is 0 Å². The van der Waals surface area contributed by atoms with Gasteiger partial charge in [-0.05, 0) is 30.7 Å². The standard InChI is InChI=1S/C12H15N5O2S/c1-9-4-2-6-14-10(9)8-16-20(18,19)11-5-3-7-15-12(11)17-13/h2-7,16H,8,13H2,1H3,(H,15,17). The minimum atomic E-state index is -3.71. The average molecular weight is 293 g/mol. The molecule has 0 aliphatic carbocycles. The van der Waals surface area contributed by atoms with Gasteiger partial charge < -0.3 is 5.43 Å². The van der Waals surface area contributed by atoms with E-state index in [9.17, 15) is 8.42 Å². The maximum atomic E-state index is 12.2. The number of hydrogen-bond donors (Lipinski definition) is 3. The van der Waals surface area contributed by atoms with Gasteiger partial charge in [0.2, 0.25) is 10.0 Å². The van der Waals surface area contributed by atoms with Gasteiger partial charge in [0.05, 0.1) is 12.2 Å². The van der Waals surface area contributed by atoms with Crippen LogP contribution >= 0.6 is 0 Å². The quantitative estimate of drug-likeness (QED) is 0.548. The van der Waals surface area contributed by atoms with Crippen molar-refractivity contribution < 1.29 is 8.42 Å². The highest BCUT2D eigenvalue weighted by Crippen LogP contribution is 2.17. The maximum absolute atomic E-state index is 12.2. The molecule has 106 valence electrons. The van der Waals surface area contributed by atoms with E-state index in [0.29, 0.717) is 5.69 Å². The molecule has 2 aromatic heterocycles. The molecule has 0 bridgehead atoms. The van der Waals surface area contributed by atoms with Gasteiger partial charge in [-0.1, -0.05) is 6.07 Å². The number of anilines is 1. The average Bonchev–Trinajstić information content (AvgIpc) is 2.46. The van der Waals surface area contributed by atoms with Crippen LogP contribution < -0.4 is 16.0 Å². The topological polar surface area (TPSA) is 110 Å². The molecular formula is C12H15N5O2S. The van der Waals surface area contributed by atoms with Crippen LogP contribution in [0.3, 0.4) is 0 Å². The number of hydrogen-bond acceptors (Lipinski definition) is 6. The van der Waals surface area contributed by atoms with Crippen molar-refractivity contribution >= 4 is 15.8 Å². The first-order chi connectivity index (χ1) is 9.54. The van der Waals surface area contributed by atoms with Crippen molar-refractivity contribution in [2.24, 2.45) is 5.84 Å². The fourth-order valence-corrected chi connectivity index (χ4v) is 2.77. The third kappa shape index (κ3) is 3.10. The number of pyridine rings is 2. The monoisotopic (exact) mass is 293 g/mol. The van der Waals surface area contributed by atoms with Crippen LogP contribution in [0.15, 0.2) is 41.6 Å². The van der Waals surface area contributed by atoms with Crippen molar-refractivity contribution in [3.8, 4) is 0 Å². The highest BCUT2D eigenvalue weighted by Gasteiger charge is 2.19. The molecule has 0 atom stereocenters. The first-order valence-electron chi connectivity index (χ1n) is 5.86. The normalized spacial score (nSPS) is 11.3. The van der Waals surface area contributed by atoms with E-state index in [2.05, 4.69) is 20.1 Å². The molecule has 2 rings (SSSR count). The third-order valence-electron chi connectivity index (χ3n) is 2.74. The van der Waals surface area contributed by atoms with Gasteiger partial charge in [0, 0.05) is 12.4 Å². The molecule has 8 heteroatoms. The Morgan fingerprint density at radius 2 is 1.90 bits per heavy atom. The number of nitrogens with zero attached hydrogens (tertiary/aromatic N) is 2. The lowest BCUT2D eigenvalue weighted by molar-refractivity contribution is 0.580. The third-order valence-corrected chi connectivity index (χ3v) is 4.18. The Balaban J connectivity index is 2.22. The van der Waals surface area contributed by atoms with Gasteiger partial charge in [-0.2, -0.15) is 0 Å². The summed E-state index contributed by atoms with van der Waals surface area (Å²) in [5, 5.41) is 0. The summed E-state index contributed by atoms with van der Waals surface area (Å²) in [5.74, 6) is 5.36. The van der Waals surface area contributed by atoms with Gasteiger partial charge in [-0.15, -0.1) is 0 Å². The highest BCUT2D eigenvalue weighted by atomic mass is 32.2. The molecule has 0 spiro atoms. The molecular weight excluding hydrogens is 278 g/mol. The van der Waals surface area contributed by atoms with Crippen LogP contribution in [0, 0.1) is 6.92 Å². The second-order valence-electron chi connectivity index (χ2n) is 4.09. The smallest absolute Gasteiger partial charge is 0.244 e. The van der Waals surface area contributed by atoms with Crippen LogP contribution in [0.1, 0.15) is 11.3 Å².